The molecule has 0 fully saturated rings. The summed E-state index contributed by atoms with van der Waals surface area (Å²) in [4.78, 5) is 0. The van der Waals surface area contributed by atoms with Gasteiger partial charge in [0.2, 0.25) is 0 Å². The van der Waals surface area contributed by atoms with Crippen LogP contribution >= 0.6 is 0 Å². The van der Waals surface area contributed by atoms with Gasteiger partial charge in [0.25, 0.3) is 0 Å². The van der Waals surface area contributed by atoms with Crippen LogP contribution in [0.2, 0.25) is 6.82 Å². The fourth-order valence-electron chi connectivity index (χ4n) is 0.667. The summed E-state index contributed by atoms with van der Waals surface area (Å²) < 4.78 is 5.75. The fourth-order valence-corrected chi connectivity index (χ4v) is 0.667. The molecule has 0 amide bonds. The molecule has 1 aromatic carbocycles. The van der Waals surface area contributed by atoms with Gasteiger partial charge in [-0.05, 0) is 12.1 Å². The van der Waals surface area contributed by atoms with Crippen LogP contribution in [0.1, 0.15) is 22.6 Å². The zero-order valence-corrected chi connectivity index (χ0v) is 8.33. The van der Waals surface area contributed by atoms with E-state index in [4.69, 9.17) is 6.48 Å². The van der Waals surface area contributed by atoms with Gasteiger partial charge in [0, 0.05) is 1.37 Å². The molecular weight excluding hydrogens is 147 g/mol. The van der Waals surface area contributed by atoms with Crippen LogP contribution in [0, 0.1) is 0 Å². The van der Waals surface area contributed by atoms with Gasteiger partial charge in [0.05, 0.1) is 0 Å². The second-order valence-electron chi connectivity index (χ2n) is 1.88. The minimum absolute atomic E-state index is 0.320. The molecule has 1 N–H and O–H groups in total. The second-order valence-corrected chi connectivity index (χ2v) is 1.88. The molecule has 1 aromatic rings. The van der Waals surface area contributed by atoms with Gasteiger partial charge in [-0.1, -0.05) is 45.7 Å². The molecule has 0 aromatic heterocycles. The van der Waals surface area contributed by atoms with Crippen molar-refractivity contribution in [1.29, 1.82) is 0 Å². The lowest BCUT2D eigenvalue weighted by Gasteiger charge is -1.92. The summed E-state index contributed by atoms with van der Waals surface area (Å²) in [5.74, 6) is 0.320. The summed E-state index contributed by atoms with van der Waals surface area (Å²) in [5.41, 5.74) is 1.13. The molecule has 0 bridgehead atoms. The van der Waals surface area contributed by atoms with Gasteiger partial charge in [-0.15, -0.1) is 0 Å². The Morgan fingerprint density at radius 1 is 1.25 bits per heavy atom. The second kappa shape index (κ2) is 8.18. The van der Waals surface area contributed by atoms with Crippen LogP contribution in [0.3, 0.4) is 0 Å². The maximum absolute atomic E-state index is 8.84. The smallest absolute Gasteiger partial charge is 0.148 e. The van der Waals surface area contributed by atoms with E-state index in [0.717, 1.165) is 5.46 Å². The summed E-state index contributed by atoms with van der Waals surface area (Å²) in [5, 5.41) is 8.84. The van der Waals surface area contributed by atoms with Crippen LogP contribution in [0.25, 0.3) is 0 Å². The molecule has 0 saturated carbocycles. The van der Waals surface area contributed by atoms with Gasteiger partial charge < -0.3 is 5.11 Å². The Kier molecular flexibility index (Phi) is 7.56. The molecule has 0 aliphatic rings. The molecule has 0 heterocycles. The van der Waals surface area contributed by atoms with Crippen LogP contribution < -0.4 is 5.46 Å². The highest BCUT2D eigenvalue weighted by Gasteiger charge is 1.87. The molecule has 1 radical (unpaired) electrons. The van der Waals surface area contributed by atoms with Crippen molar-refractivity contribution in [1.82, 2.24) is 0 Å². The first-order valence-electron chi connectivity index (χ1n) is 4.91. The Hall–Kier alpha value is -0.915. The Bertz CT molecular complexity index is 187. The van der Waals surface area contributed by atoms with E-state index in [1.807, 2.05) is 40.1 Å². The first-order chi connectivity index (χ1) is 6.33. The topological polar surface area (TPSA) is 20.2 Å². The van der Waals surface area contributed by atoms with Crippen molar-refractivity contribution >= 4 is 12.7 Å². The minimum atomic E-state index is 0.320. The first kappa shape index (κ1) is 11.1. The molecule has 2 heteroatoms. The Morgan fingerprint density at radius 3 is 2.00 bits per heavy atom. The van der Waals surface area contributed by atoms with Crippen molar-refractivity contribution in [3.05, 3.63) is 24.3 Å². The molecule has 0 saturated heterocycles. The maximum Gasteiger partial charge on any atom is 0.148 e. The van der Waals surface area contributed by atoms with E-state index >= 15 is 0 Å². The maximum atomic E-state index is 8.84. The molecular formula is C10H18BO. The highest BCUT2D eigenvalue weighted by atomic mass is 16.3. The van der Waals surface area contributed by atoms with Gasteiger partial charge >= 0.3 is 0 Å². The van der Waals surface area contributed by atoms with Gasteiger partial charge in [-0.25, -0.2) is 0 Å². The minimum Gasteiger partial charge on any atom is -0.508 e. The van der Waals surface area contributed by atoms with Gasteiger partial charge in [-0.3, -0.25) is 0 Å². The number of rotatable bonds is 1. The lowest BCUT2D eigenvalue weighted by Crippen LogP contribution is -2.07. The fraction of sp³-hybridized carbons (Fsp3) is 0.400. The van der Waals surface area contributed by atoms with Gasteiger partial charge in [0.1, 0.15) is 13.0 Å². The lowest BCUT2D eigenvalue weighted by molar-refractivity contribution is 0.475. The van der Waals surface area contributed by atoms with E-state index in [-0.39, 0.29) is 0 Å². The summed E-state index contributed by atoms with van der Waals surface area (Å²) in [6, 6.07) is 7.09. The van der Waals surface area contributed by atoms with Crippen molar-refractivity contribution in [2.24, 2.45) is 0 Å². The molecule has 0 aliphatic carbocycles. The standard InChI is InChI=1S/C7H8BO.C2H6.CH4/c1-8-6-2-4-7(9)5-3-6;1-2;/h2-5,9H,1H3;1-2H3;1H4/i;;1D. The highest BCUT2D eigenvalue weighted by molar-refractivity contribution is 6.51. The van der Waals surface area contributed by atoms with Gasteiger partial charge in [-0.2, -0.15) is 0 Å². The van der Waals surface area contributed by atoms with Crippen molar-refractivity contribution < 1.29 is 6.48 Å². The molecule has 0 spiro atoms. The van der Waals surface area contributed by atoms with Crippen molar-refractivity contribution in [2.75, 3.05) is 0 Å². The van der Waals surface area contributed by atoms with Crippen LogP contribution in [0.5, 0.6) is 5.75 Å². The molecule has 0 aliphatic heterocycles. The van der Waals surface area contributed by atoms with Gasteiger partial charge in [0.15, 0.2) is 0 Å². The molecule has 1 rings (SSSR count). The average Bonchev–Trinajstić information content (AvgIpc) is 2.25. The molecule has 0 unspecified atom stereocenters. The monoisotopic (exact) mass is 166 g/mol. The third-order valence-electron chi connectivity index (χ3n) is 1.23. The van der Waals surface area contributed by atoms with E-state index in [9.17, 15) is 0 Å². The Labute approximate surface area is 78.1 Å². The van der Waals surface area contributed by atoms with Crippen LogP contribution in [0.4, 0.5) is 0 Å². The number of phenols is 1. The van der Waals surface area contributed by atoms with Crippen LogP contribution in [-0.4, -0.2) is 12.4 Å². The Balaban J connectivity index is 0. The Morgan fingerprint density at radius 2 is 1.67 bits per heavy atom. The average molecular weight is 166 g/mol. The number of hydrogen-bond acceptors (Lipinski definition) is 1. The van der Waals surface area contributed by atoms with Crippen molar-refractivity contribution in [3.63, 3.8) is 0 Å². The molecule has 12 heavy (non-hydrogen) atoms. The lowest BCUT2D eigenvalue weighted by atomic mass is 9.73. The quantitative estimate of drug-likeness (QED) is 0.635. The number of hydrogen-bond donors (Lipinski definition) is 1. The number of phenolic OH excluding ortho intramolecular Hbond substituents is 1. The van der Waals surface area contributed by atoms with Crippen molar-refractivity contribution in [2.45, 2.75) is 28.1 Å². The molecule has 67 valence electrons. The van der Waals surface area contributed by atoms with Crippen LogP contribution in [-0.2, 0) is 0 Å². The van der Waals surface area contributed by atoms with Crippen molar-refractivity contribution in [3.8, 4) is 5.75 Å². The molecule has 1 nitrogen and oxygen atoms in total. The zero-order chi connectivity index (χ0) is 10.7. The summed E-state index contributed by atoms with van der Waals surface area (Å²) >= 11 is 0. The summed E-state index contributed by atoms with van der Waals surface area (Å²) in [6.45, 7) is 5.96. The first-order valence-corrected chi connectivity index (χ1v) is 3.91. The predicted molar refractivity (Wildman–Crippen MR) is 57.4 cm³/mol. The van der Waals surface area contributed by atoms with Crippen LogP contribution in [0.15, 0.2) is 24.3 Å². The third-order valence-corrected chi connectivity index (χ3v) is 1.23. The largest absolute Gasteiger partial charge is 0.508 e. The zero-order valence-electron chi connectivity index (χ0n) is 9.33. The molecule has 0 atom stereocenters. The highest BCUT2D eigenvalue weighted by Crippen LogP contribution is 2.01. The van der Waals surface area contributed by atoms with E-state index in [0.29, 0.717) is 5.75 Å². The third kappa shape index (κ3) is 4.83. The summed E-state index contributed by atoms with van der Waals surface area (Å²) in [7, 11) is 3.24. The summed E-state index contributed by atoms with van der Waals surface area (Å²) in [6.07, 6.45) is 0. The van der Waals surface area contributed by atoms with E-state index in [1.165, 1.54) is 7.40 Å². The predicted octanol–water partition coefficient (Wildman–Crippen LogP) is 2.43. The van der Waals surface area contributed by atoms with E-state index in [1.54, 1.807) is 12.1 Å². The SMILES string of the molecule is CC.C[B]c1ccc(O)cc1.[2H]C. The number of benzene rings is 1. The van der Waals surface area contributed by atoms with E-state index in [2.05, 4.69) is 0 Å². The van der Waals surface area contributed by atoms with E-state index < -0.39 is 0 Å². The normalized spacial score (nSPS) is 7.83. The number of aromatic hydroxyl groups is 1.